The normalized spacial score (nSPS) is 17.5. The van der Waals surface area contributed by atoms with Crippen molar-refractivity contribution in [1.82, 2.24) is 19.5 Å². The molecule has 1 aliphatic rings. The van der Waals surface area contributed by atoms with Crippen LogP contribution in [0, 0.1) is 0 Å². The van der Waals surface area contributed by atoms with Gasteiger partial charge in [-0.2, -0.15) is 11.8 Å². The van der Waals surface area contributed by atoms with Crippen LogP contribution in [0.25, 0.3) is 11.2 Å². The number of imidazole rings is 1. The Morgan fingerprint density at radius 3 is 3.08 bits per heavy atom. The van der Waals surface area contributed by atoms with Crippen molar-refractivity contribution >= 4 is 22.9 Å². The van der Waals surface area contributed by atoms with Crippen molar-refractivity contribution in [2.45, 2.75) is 6.04 Å². The van der Waals surface area contributed by atoms with Crippen molar-refractivity contribution in [2.75, 3.05) is 11.5 Å². The average molecular weight is 192 g/mol. The third-order valence-corrected chi connectivity index (χ3v) is 3.51. The number of rotatable bonds is 1. The molecule has 0 bridgehead atoms. The number of aromatic nitrogens is 4. The predicted molar refractivity (Wildman–Crippen MR) is 51.7 cm³/mol. The molecule has 66 valence electrons. The Morgan fingerprint density at radius 2 is 2.31 bits per heavy atom. The van der Waals surface area contributed by atoms with E-state index >= 15 is 0 Å². The van der Waals surface area contributed by atoms with Crippen molar-refractivity contribution in [3.8, 4) is 0 Å². The van der Waals surface area contributed by atoms with E-state index in [1.807, 2.05) is 24.3 Å². The molecular weight excluding hydrogens is 184 g/mol. The first-order chi connectivity index (χ1) is 6.45. The number of thioether (sulfide) groups is 1. The second kappa shape index (κ2) is 2.70. The summed E-state index contributed by atoms with van der Waals surface area (Å²) < 4.78 is 2.17. The SMILES string of the molecule is c1ncc2c(n1)ncn2C1CSC1. The monoisotopic (exact) mass is 192 g/mol. The molecular formula is C8H8N4S. The summed E-state index contributed by atoms with van der Waals surface area (Å²) in [6.07, 6.45) is 5.23. The molecule has 2 aromatic rings. The molecule has 0 amide bonds. The molecule has 0 aliphatic carbocycles. The van der Waals surface area contributed by atoms with Gasteiger partial charge in [-0.1, -0.05) is 0 Å². The van der Waals surface area contributed by atoms with Crippen molar-refractivity contribution < 1.29 is 0 Å². The molecule has 13 heavy (non-hydrogen) atoms. The van der Waals surface area contributed by atoms with Crippen molar-refractivity contribution in [3.05, 3.63) is 18.9 Å². The molecule has 4 nitrogen and oxygen atoms in total. The molecule has 0 atom stereocenters. The van der Waals surface area contributed by atoms with Gasteiger partial charge in [0, 0.05) is 11.5 Å². The Labute approximate surface area is 79.4 Å². The summed E-state index contributed by atoms with van der Waals surface area (Å²) in [4.78, 5) is 12.3. The van der Waals surface area contributed by atoms with E-state index in [-0.39, 0.29) is 0 Å². The van der Waals surface area contributed by atoms with Gasteiger partial charge in [0.05, 0.1) is 18.6 Å². The third-order valence-electron chi connectivity index (χ3n) is 2.27. The summed E-state index contributed by atoms with van der Waals surface area (Å²) in [7, 11) is 0. The molecule has 1 saturated heterocycles. The molecule has 0 saturated carbocycles. The van der Waals surface area contributed by atoms with Gasteiger partial charge in [-0.25, -0.2) is 15.0 Å². The lowest BCUT2D eigenvalue weighted by Crippen LogP contribution is -2.21. The highest BCUT2D eigenvalue weighted by Crippen LogP contribution is 2.30. The van der Waals surface area contributed by atoms with Gasteiger partial charge < -0.3 is 4.57 Å². The minimum absolute atomic E-state index is 0.598. The van der Waals surface area contributed by atoms with E-state index in [0.717, 1.165) is 11.2 Å². The van der Waals surface area contributed by atoms with Crippen molar-refractivity contribution in [1.29, 1.82) is 0 Å². The standard InChI is InChI=1S/C8H8N4S/c1-7-8(10-4-9-1)11-5-12(7)6-2-13-3-6/h1,4-6H,2-3H2. The van der Waals surface area contributed by atoms with E-state index in [4.69, 9.17) is 0 Å². The number of hydrogen-bond acceptors (Lipinski definition) is 4. The summed E-state index contributed by atoms with van der Waals surface area (Å²) in [6.45, 7) is 0. The Balaban J connectivity index is 2.17. The second-order valence-corrected chi connectivity index (χ2v) is 4.15. The molecule has 1 aliphatic heterocycles. The third kappa shape index (κ3) is 1.03. The van der Waals surface area contributed by atoms with Crippen LogP contribution in [0.4, 0.5) is 0 Å². The summed E-state index contributed by atoms with van der Waals surface area (Å²) >= 11 is 1.96. The van der Waals surface area contributed by atoms with Gasteiger partial charge in [-0.05, 0) is 0 Å². The van der Waals surface area contributed by atoms with Gasteiger partial charge in [-0.3, -0.25) is 0 Å². The summed E-state index contributed by atoms with van der Waals surface area (Å²) in [5, 5.41) is 0. The van der Waals surface area contributed by atoms with Crippen LogP contribution in [-0.4, -0.2) is 31.0 Å². The fraction of sp³-hybridized carbons (Fsp3) is 0.375. The zero-order valence-electron chi connectivity index (χ0n) is 6.92. The fourth-order valence-electron chi connectivity index (χ4n) is 1.45. The zero-order chi connectivity index (χ0) is 8.67. The first kappa shape index (κ1) is 7.32. The van der Waals surface area contributed by atoms with Crippen molar-refractivity contribution in [2.24, 2.45) is 0 Å². The van der Waals surface area contributed by atoms with Crippen LogP contribution >= 0.6 is 11.8 Å². The van der Waals surface area contributed by atoms with E-state index in [9.17, 15) is 0 Å². The van der Waals surface area contributed by atoms with Crippen LogP contribution in [0.5, 0.6) is 0 Å². The maximum Gasteiger partial charge on any atom is 0.180 e. The predicted octanol–water partition coefficient (Wildman–Crippen LogP) is 1.11. The van der Waals surface area contributed by atoms with E-state index < -0.39 is 0 Å². The van der Waals surface area contributed by atoms with Crippen LogP contribution in [0.3, 0.4) is 0 Å². The van der Waals surface area contributed by atoms with Crippen molar-refractivity contribution in [3.63, 3.8) is 0 Å². The Hall–Kier alpha value is -1.10. The van der Waals surface area contributed by atoms with Crippen LogP contribution in [-0.2, 0) is 0 Å². The highest BCUT2D eigenvalue weighted by molar-refractivity contribution is 8.00. The lowest BCUT2D eigenvalue weighted by molar-refractivity contribution is 0.609. The van der Waals surface area contributed by atoms with E-state index in [0.29, 0.717) is 6.04 Å². The summed E-state index contributed by atoms with van der Waals surface area (Å²) in [5.74, 6) is 2.36. The quantitative estimate of drug-likeness (QED) is 0.679. The van der Waals surface area contributed by atoms with E-state index in [1.165, 1.54) is 17.8 Å². The molecule has 0 N–H and O–H groups in total. The highest BCUT2D eigenvalue weighted by Gasteiger charge is 2.21. The molecule has 3 rings (SSSR count). The van der Waals surface area contributed by atoms with Gasteiger partial charge in [0.1, 0.15) is 11.8 Å². The Kier molecular flexibility index (Phi) is 1.52. The molecule has 0 radical (unpaired) electrons. The zero-order valence-corrected chi connectivity index (χ0v) is 7.74. The first-order valence-corrected chi connectivity index (χ1v) is 5.31. The van der Waals surface area contributed by atoms with Crippen LogP contribution in [0.1, 0.15) is 6.04 Å². The first-order valence-electron chi connectivity index (χ1n) is 4.15. The number of hydrogen-bond donors (Lipinski definition) is 0. The molecule has 5 heteroatoms. The molecule has 0 unspecified atom stereocenters. The van der Waals surface area contributed by atoms with Gasteiger partial charge in [0.2, 0.25) is 0 Å². The summed E-state index contributed by atoms with van der Waals surface area (Å²) in [6, 6.07) is 0.598. The topological polar surface area (TPSA) is 43.6 Å². The van der Waals surface area contributed by atoms with Gasteiger partial charge in [0.15, 0.2) is 5.65 Å². The molecule has 0 spiro atoms. The van der Waals surface area contributed by atoms with E-state index in [1.54, 1.807) is 0 Å². The maximum absolute atomic E-state index is 4.22. The number of nitrogens with zero attached hydrogens (tertiary/aromatic N) is 4. The Morgan fingerprint density at radius 1 is 1.38 bits per heavy atom. The van der Waals surface area contributed by atoms with Crippen LogP contribution in [0.2, 0.25) is 0 Å². The minimum Gasteiger partial charge on any atom is -0.323 e. The lowest BCUT2D eigenvalue weighted by atomic mass is 10.3. The molecule has 1 fully saturated rings. The molecule has 2 aromatic heterocycles. The molecule has 0 aromatic carbocycles. The van der Waals surface area contributed by atoms with Crippen LogP contribution < -0.4 is 0 Å². The largest absolute Gasteiger partial charge is 0.323 e. The smallest absolute Gasteiger partial charge is 0.180 e. The maximum atomic E-state index is 4.22. The van der Waals surface area contributed by atoms with Crippen LogP contribution in [0.15, 0.2) is 18.9 Å². The highest BCUT2D eigenvalue weighted by atomic mass is 32.2. The molecule has 3 heterocycles. The second-order valence-electron chi connectivity index (χ2n) is 3.07. The Bertz CT molecular complexity index is 434. The van der Waals surface area contributed by atoms with E-state index in [2.05, 4.69) is 19.5 Å². The van der Waals surface area contributed by atoms with Gasteiger partial charge >= 0.3 is 0 Å². The van der Waals surface area contributed by atoms with Gasteiger partial charge in [-0.15, -0.1) is 0 Å². The summed E-state index contributed by atoms with van der Waals surface area (Å²) in [5.41, 5.74) is 1.85. The fourth-order valence-corrected chi connectivity index (χ4v) is 2.22. The van der Waals surface area contributed by atoms with Gasteiger partial charge in [0.25, 0.3) is 0 Å². The minimum atomic E-state index is 0.598. The number of fused-ring (bicyclic) bond motifs is 1. The average Bonchev–Trinajstić information content (AvgIpc) is 2.47. The lowest BCUT2D eigenvalue weighted by Gasteiger charge is -2.26.